The lowest BCUT2D eigenvalue weighted by atomic mass is 9.86. The highest BCUT2D eigenvalue weighted by Crippen LogP contribution is 2.52. The van der Waals surface area contributed by atoms with E-state index in [0.29, 0.717) is 23.7 Å². The molecular weight excluding hydrogens is 1110 g/mol. The third-order valence-electron chi connectivity index (χ3n) is 12.3. The van der Waals surface area contributed by atoms with Gasteiger partial charge in [0.25, 0.3) is 0 Å². The van der Waals surface area contributed by atoms with E-state index < -0.39 is 103 Å². The summed E-state index contributed by atoms with van der Waals surface area (Å²) in [5, 5.41) is 0. The smallest absolute Gasteiger partial charge is 0.251 e. The molecule has 0 rings (SSSR count). The van der Waals surface area contributed by atoms with Gasteiger partial charge in [0, 0.05) is 23.7 Å². The monoisotopic (exact) mass is 1240 g/mol. The summed E-state index contributed by atoms with van der Waals surface area (Å²) in [5.41, 5.74) is -4.24. The molecule has 0 nitrogen and oxygen atoms in total. The molecule has 0 N–H and O–H groups in total. The lowest BCUT2D eigenvalue weighted by molar-refractivity contribution is -0.335. The SMILES string of the molecule is CCC(C)(C(F)(F)F)C(F)(F)F.CCC(C)(C)C.CCC(C)(C)C(F)(F)F.CCC(F)(F)C(C)C.CCCC(C)(C)C.CCCC(C)C(F)(F)F.CCCC(C)C(F)F.CCCC(C)CF.[2H]C([2H])(C)C(C)(C)C.[2H]C([2H])(C)CC(C)C(F)(F)F. The highest BCUT2D eigenvalue weighted by atomic mass is 19.4. The Labute approximate surface area is 489 Å². The molecule has 0 radical (unpaired) electrons. The third-order valence-corrected chi connectivity index (χ3v) is 12.3. The van der Waals surface area contributed by atoms with E-state index in [9.17, 15) is 87.8 Å². The van der Waals surface area contributed by atoms with Gasteiger partial charge < -0.3 is 0 Å². The Balaban J connectivity index is -0.0000000925. The summed E-state index contributed by atoms with van der Waals surface area (Å²) in [7, 11) is 0. The molecule has 4 unspecified atom stereocenters. The molecule has 0 aromatic rings. The zero-order chi connectivity index (χ0) is 71.9. The number of rotatable bonds is 15. The Morgan fingerprint density at radius 3 is 0.753 bits per heavy atom. The Kier molecular flexibility index (Phi) is 54.6. The van der Waals surface area contributed by atoms with Crippen molar-refractivity contribution in [2.24, 2.45) is 56.7 Å². The van der Waals surface area contributed by atoms with Gasteiger partial charge in [0.05, 0.1) is 23.9 Å². The number of hydrogen-bond acceptors (Lipinski definition) is 0. The molecule has 0 amide bonds. The zero-order valence-corrected chi connectivity index (χ0v) is 55.4. The lowest BCUT2D eigenvalue weighted by Gasteiger charge is -2.32. The molecule has 0 fully saturated rings. The van der Waals surface area contributed by atoms with Gasteiger partial charge in [-0.2, -0.15) is 65.9 Å². The van der Waals surface area contributed by atoms with Crippen molar-refractivity contribution in [3.8, 4) is 0 Å². The van der Waals surface area contributed by atoms with Crippen LogP contribution in [0.15, 0.2) is 0 Å². The average molecular weight is 1240 g/mol. The van der Waals surface area contributed by atoms with Crippen LogP contribution in [-0.2, 0) is 0 Å². The van der Waals surface area contributed by atoms with Crippen molar-refractivity contribution in [2.45, 2.75) is 333 Å². The second kappa shape index (κ2) is 48.7. The van der Waals surface area contributed by atoms with E-state index in [-0.39, 0.29) is 44.2 Å². The second-order valence-corrected chi connectivity index (χ2v) is 24.8. The molecule has 20 heteroatoms. The largest absolute Gasteiger partial charge is 0.402 e. The predicted octanol–water partition coefficient (Wildman–Crippen LogP) is 28.0. The number of hydrogen-bond donors (Lipinski definition) is 0. The standard InChI is InChI=1S/C7H16.C6H8F6.3C6H11F3.2C6H12F2.C6H13F.2C6H14/c1-5-6-7(2,3)4;1-3-4(2,5(7,8)9)6(10,11)12;1-4-5(2,3)6(7,8)9;2*1-3-4-5(2)6(7,8)9;1-4-6(7,8)5(2)3;1-3-4-5(2)6(7)8;1-3-4-6(2)5-7;2*1-5-6(2,3)4/h5-6H2,1-4H3;3H2,1-2H3;4H2,1-3H3;2*5H,3-4H2,1-2H3;5H,4H2,1-3H3;5-6H,3-4H2,1-2H3;6H,3-5H2,1-2H3;2*5H2,1-4H3/i;;;3D2;;;;;5D2;. The summed E-state index contributed by atoms with van der Waals surface area (Å²) < 4.78 is 265. The van der Waals surface area contributed by atoms with Crippen molar-refractivity contribution in [2.75, 3.05) is 6.67 Å². The van der Waals surface area contributed by atoms with Crippen LogP contribution >= 0.6 is 0 Å². The summed E-state index contributed by atoms with van der Waals surface area (Å²) in [6.07, 6.45) is -20.7. The minimum atomic E-state index is -5.24. The van der Waals surface area contributed by atoms with Gasteiger partial charge in [-0.1, -0.05) is 232 Å². The fourth-order valence-corrected chi connectivity index (χ4v) is 4.09. The molecule has 0 aliphatic rings. The van der Waals surface area contributed by atoms with Gasteiger partial charge in [-0.25, -0.2) is 17.6 Å². The van der Waals surface area contributed by atoms with Gasteiger partial charge in [-0.15, -0.1) is 0 Å². The first-order valence-corrected chi connectivity index (χ1v) is 28.4. The molecule has 4 atom stereocenters. The van der Waals surface area contributed by atoms with Crippen LogP contribution < -0.4 is 0 Å². The minimum Gasteiger partial charge on any atom is -0.251 e. The highest BCUT2D eigenvalue weighted by Gasteiger charge is 2.66. The van der Waals surface area contributed by atoms with Crippen LogP contribution in [0.4, 0.5) is 87.8 Å². The Morgan fingerprint density at radius 2 is 0.704 bits per heavy atom. The summed E-state index contributed by atoms with van der Waals surface area (Å²) in [6.45, 7) is 47.2. The normalized spacial score (nSPS) is 15.1. The van der Waals surface area contributed by atoms with Gasteiger partial charge in [-0.05, 0) is 74.0 Å². The molecule has 0 saturated heterocycles. The number of alkyl halides is 20. The van der Waals surface area contributed by atoms with Gasteiger partial charge in [-0.3, -0.25) is 4.39 Å². The van der Waals surface area contributed by atoms with Crippen LogP contribution in [0, 0.1) is 56.7 Å². The summed E-state index contributed by atoms with van der Waals surface area (Å²) in [6, 6.07) is 0. The predicted molar refractivity (Wildman–Crippen MR) is 305 cm³/mol. The summed E-state index contributed by atoms with van der Waals surface area (Å²) in [4.78, 5) is 0. The quantitative estimate of drug-likeness (QED) is 0.143. The molecule has 0 aromatic heterocycles. The molecule has 81 heavy (non-hydrogen) atoms. The van der Waals surface area contributed by atoms with Crippen molar-refractivity contribution in [1.82, 2.24) is 0 Å². The zero-order valence-electron chi connectivity index (χ0n) is 59.4. The topological polar surface area (TPSA) is 0 Å². The maximum atomic E-state index is 12.3. The maximum Gasteiger partial charge on any atom is 0.402 e. The van der Waals surface area contributed by atoms with Gasteiger partial charge in [0.1, 0.15) is 0 Å². The first kappa shape index (κ1) is 90.8. The Hall–Kier alpha value is -1.40. The van der Waals surface area contributed by atoms with E-state index in [2.05, 4.69) is 62.3 Å². The van der Waals surface area contributed by atoms with Crippen LogP contribution in [0.3, 0.4) is 0 Å². The third kappa shape index (κ3) is 71.0. The highest BCUT2D eigenvalue weighted by molar-refractivity contribution is 4.87. The van der Waals surface area contributed by atoms with E-state index in [1.807, 2.05) is 34.6 Å². The fraction of sp³-hybridized carbons (Fsp3) is 1.00. The van der Waals surface area contributed by atoms with Crippen LogP contribution in [-0.4, -0.2) is 49.9 Å². The molecular formula is C61H122F20. The van der Waals surface area contributed by atoms with Crippen molar-refractivity contribution in [3.63, 3.8) is 0 Å². The molecule has 0 spiro atoms. The van der Waals surface area contributed by atoms with Crippen molar-refractivity contribution in [1.29, 1.82) is 0 Å². The van der Waals surface area contributed by atoms with Gasteiger partial charge in [0.2, 0.25) is 12.3 Å². The van der Waals surface area contributed by atoms with Crippen molar-refractivity contribution >= 4 is 0 Å². The number of halogens is 20. The average Bonchev–Trinajstić information content (AvgIpc) is 3.27. The van der Waals surface area contributed by atoms with E-state index in [1.54, 1.807) is 20.8 Å². The molecule has 0 heterocycles. The van der Waals surface area contributed by atoms with Crippen molar-refractivity contribution < 1.29 is 93.3 Å². The fourth-order valence-electron chi connectivity index (χ4n) is 4.09. The Morgan fingerprint density at radius 1 is 0.383 bits per heavy atom. The van der Waals surface area contributed by atoms with Crippen LogP contribution in [0.2, 0.25) is 0 Å². The van der Waals surface area contributed by atoms with Gasteiger partial charge in [0.15, 0.2) is 5.41 Å². The van der Waals surface area contributed by atoms with E-state index in [4.69, 9.17) is 5.48 Å². The first-order chi connectivity index (χ1) is 36.8. The molecule has 0 aromatic carbocycles. The molecule has 0 saturated carbocycles. The van der Waals surface area contributed by atoms with Crippen LogP contribution in [0.1, 0.15) is 296 Å². The van der Waals surface area contributed by atoms with E-state index in [0.717, 1.165) is 40.0 Å². The van der Waals surface area contributed by atoms with E-state index >= 15 is 0 Å². The van der Waals surface area contributed by atoms with Crippen LogP contribution in [0.5, 0.6) is 0 Å². The summed E-state index contributed by atoms with van der Waals surface area (Å²) >= 11 is 0. The molecule has 506 valence electrons. The molecule has 0 aliphatic heterocycles. The second-order valence-electron chi connectivity index (χ2n) is 24.8. The summed E-state index contributed by atoms with van der Waals surface area (Å²) in [5.74, 6) is -5.82. The first-order valence-electron chi connectivity index (χ1n) is 30.4. The Bertz CT molecular complexity index is 1440. The van der Waals surface area contributed by atoms with Gasteiger partial charge >= 0.3 is 30.9 Å². The maximum absolute atomic E-state index is 12.3. The lowest BCUT2D eigenvalue weighted by Crippen LogP contribution is -2.47. The molecule has 0 aliphatic carbocycles. The molecule has 0 bridgehead atoms. The van der Waals surface area contributed by atoms with Crippen molar-refractivity contribution in [3.05, 3.63) is 0 Å². The van der Waals surface area contributed by atoms with E-state index in [1.165, 1.54) is 67.7 Å². The minimum absolute atomic E-state index is 0.0509. The van der Waals surface area contributed by atoms with Crippen LogP contribution in [0.25, 0.3) is 0 Å².